The molecule has 1 aromatic heterocycles. The molecule has 0 spiro atoms. The van der Waals surface area contributed by atoms with Gasteiger partial charge in [0.25, 0.3) is 0 Å². The summed E-state index contributed by atoms with van der Waals surface area (Å²) < 4.78 is 22.7. The molecule has 20 heavy (non-hydrogen) atoms. The highest BCUT2D eigenvalue weighted by Crippen LogP contribution is 2.27. The second kappa shape index (κ2) is 7.02. The molecule has 0 saturated carbocycles. The maximum atomic E-state index is 11.4. The Morgan fingerprint density at radius 3 is 2.55 bits per heavy atom. The summed E-state index contributed by atoms with van der Waals surface area (Å²) in [6.07, 6.45) is 0. The summed E-state index contributed by atoms with van der Waals surface area (Å²) in [4.78, 5) is 2.46. The monoisotopic (exact) mass is 309 g/mol. The van der Waals surface area contributed by atoms with E-state index in [9.17, 15) is 8.42 Å². The third-order valence-corrected chi connectivity index (χ3v) is 5.89. The van der Waals surface area contributed by atoms with Crippen LogP contribution in [0.5, 0.6) is 0 Å². The summed E-state index contributed by atoms with van der Waals surface area (Å²) in [6.45, 7) is 2.91. The van der Waals surface area contributed by atoms with E-state index in [1.807, 2.05) is 18.2 Å². The average molecular weight is 309 g/mol. The van der Waals surface area contributed by atoms with E-state index >= 15 is 0 Å². The standard InChI is InChI=1S/C15H19NO2S2/c1-2-20(17,18)11-10-16-12-14-8-9-15(19-14)13-6-4-3-5-7-13/h3-9,16H,2,10-12H2,1H3. The smallest absolute Gasteiger partial charge is 0.151 e. The van der Waals surface area contributed by atoms with Crippen LogP contribution in [0.3, 0.4) is 0 Å². The third-order valence-electron chi connectivity index (χ3n) is 3.05. The molecule has 1 N–H and O–H groups in total. The summed E-state index contributed by atoms with van der Waals surface area (Å²) in [5, 5.41) is 3.19. The van der Waals surface area contributed by atoms with Gasteiger partial charge in [-0.25, -0.2) is 8.42 Å². The minimum Gasteiger partial charge on any atom is -0.311 e. The minimum absolute atomic E-state index is 0.209. The van der Waals surface area contributed by atoms with Crippen LogP contribution >= 0.6 is 11.3 Å². The zero-order valence-corrected chi connectivity index (χ0v) is 13.1. The van der Waals surface area contributed by atoms with Crippen molar-refractivity contribution in [2.75, 3.05) is 18.1 Å². The van der Waals surface area contributed by atoms with Crippen LogP contribution in [0.15, 0.2) is 42.5 Å². The van der Waals surface area contributed by atoms with Crippen molar-refractivity contribution in [1.29, 1.82) is 0 Å². The number of sulfone groups is 1. The lowest BCUT2D eigenvalue weighted by molar-refractivity contribution is 0.592. The average Bonchev–Trinajstić information content (AvgIpc) is 2.93. The topological polar surface area (TPSA) is 46.2 Å². The van der Waals surface area contributed by atoms with Crippen LogP contribution in [-0.4, -0.2) is 26.5 Å². The van der Waals surface area contributed by atoms with Crippen molar-refractivity contribution in [3.63, 3.8) is 0 Å². The van der Waals surface area contributed by atoms with Gasteiger partial charge in [-0.3, -0.25) is 0 Å². The van der Waals surface area contributed by atoms with Gasteiger partial charge in [-0.1, -0.05) is 37.3 Å². The maximum absolute atomic E-state index is 11.4. The molecule has 0 aliphatic carbocycles. The van der Waals surface area contributed by atoms with E-state index in [1.54, 1.807) is 18.3 Å². The molecular formula is C15H19NO2S2. The Bertz CT molecular complexity index is 633. The molecule has 1 aromatic carbocycles. The van der Waals surface area contributed by atoms with E-state index in [4.69, 9.17) is 0 Å². The van der Waals surface area contributed by atoms with Gasteiger partial charge in [0.1, 0.15) is 0 Å². The zero-order chi connectivity index (χ0) is 14.4. The molecule has 5 heteroatoms. The van der Waals surface area contributed by atoms with Crippen molar-refractivity contribution < 1.29 is 8.42 Å². The first-order valence-electron chi connectivity index (χ1n) is 6.66. The first-order chi connectivity index (χ1) is 9.61. The van der Waals surface area contributed by atoms with Gasteiger partial charge in [-0.2, -0.15) is 0 Å². The fourth-order valence-electron chi connectivity index (χ4n) is 1.81. The predicted octanol–water partition coefficient (Wildman–Crippen LogP) is 2.94. The highest BCUT2D eigenvalue weighted by molar-refractivity contribution is 7.91. The Hall–Kier alpha value is -1.17. The van der Waals surface area contributed by atoms with Crippen LogP contribution in [-0.2, 0) is 16.4 Å². The van der Waals surface area contributed by atoms with E-state index in [0.717, 1.165) is 6.54 Å². The number of rotatable bonds is 7. The Balaban J connectivity index is 1.85. The number of hydrogen-bond acceptors (Lipinski definition) is 4. The van der Waals surface area contributed by atoms with E-state index in [0.29, 0.717) is 6.54 Å². The quantitative estimate of drug-likeness (QED) is 0.800. The van der Waals surface area contributed by atoms with Gasteiger partial charge in [0.15, 0.2) is 9.84 Å². The second-order valence-electron chi connectivity index (χ2n) is 4.55. The Labute approximate surface area is 124 Å². The van der Waals surface area contributed by atoms with Crippen molar-refractivity contribution in [3.05, 3.63) is 47.3 Å². The first kappa shape index (κ1) is 15.2. The summed E-state index contributed by atoms with van der Waals surface area (Å²) in [5.74, 6) is 0.423. The van der Waals surface area contributed by atoms with E-state index in [-0.39, 0.29) is 11.5 Å². The van der Waals surface area contributed by atoms with E-state index in [1.165, 1.54) is 15.3 Å². The summed E-state index contributed by atoms with van der Waals surface area (Å²) in [6, 6.07) is 14.5. The molecule has 0 amide bonds. The first-order valence-corrected chi connectivity index (χ1v) is 9.30. The van der Waals surface area contributed by atoms with Gasteiger partial charge in [0.2, 0.25) is 0 Å². The van der Waals surface area contributed by atoms with Crippen LogP contribution in [0.4, 0.5) is 0 Å². The number of hydrogen-bond donors (Lipinski definition) is 1. The molecule has 0 aliphatic rings. The molecule has 2 rings (SSSR count). The SMILES string of the molecule is CCS(=O)(=O)CCNCc1ccc(-c2ccccc2)s1. The number of nitrogens with one attached hydrogen (secondary N) is 1. The fourth-order valence-corrected chi connectivity index (χ4v) is 3.54. The summed E-state index contributed by atoms with van der Waals surface area (Å²) >= 11 is 1.74. The molecule has 0 bridgehead atoms. The molecule has 0 fully saturated rings. The normalized spacial score (nSPS) is 11.7. The molecule has 108 valence electrons. The molecule has 3 nitrogen and oxygen atoms in total. The van der Waals surface area contributed by atoms with Gasteiger partial charge in [0, 0.05) is 28.6 Å². The molecule has 0 saturated heterocycles. The lowest BCUT2D eigenvalue weighted by atomic mass is 10.2. The number of thiophene rings is 1. The minimum atomic E-state index is -2.87. The van der Waals surface area contributed by atoms with Crippen LogP contribution in [0.2, 0.25) is 0 Å². The molecule has 2 aromatic rings. The second-order valence-corrected chi connectivity index (χ2v) is 8.19. The van der Waals surface area contributed by atoms with E-state index < -0.39 is 9.84 Å². The Morgan fingerprint density at radius 2 is 1.85 bits per heavy atom. The maximum Gasteiger partial charge on any atom is 0.151 e. The van der Waals surface area contributed by atoms with Crippen molar-refractivity contribution in [3.8, 4) is 10.4 Å². The highest BCUT2D eigenvalue weighted by Gasteiger charge is 2.07. The zero-order valence-electron chi connectivity index (χ0n) is 11.5. The van der Waals surface area contributed by atoms with Gasteiger partial charge < -0.3 is 5.32 Å². The Morgan fingerprint density at radius 1 is 1.10 bits per heavy atom. The van der Waals surface area contributed by atoms with Gasteiger partial charge in [-0.15, -0.1) is 11.3 Å². The van der Waals surface area contributed by atoms with Crippen LogP contribution in [0.1, 0.15) is 11.8 Å². The largest absolute Gasteiger partial charge is 0.311 e. The molecule has 0 unspecified atom stereocenters. The van der Waals surface area contributed by atoms with Gasteiger partial charge in [0.05, 0.1) is 5.75 Å². The third kappa shape index (κ3) is 4.44. The van der Waals surface area contributed by atoms with Crippen molar-refractivity contribution >= 4 is 21.2 Å². The highest BCUT2D eigenvalue weighted by atomic mass is 32.2. The van der Waals surface area contributed by atoms with Crippen LogP contribution in [0.25, 0.3) is 10.4 Å². The number of benzene rings is 1. The van der Waals surface area contributed by atoms with Crippen molar-refractivity contribution in [2.24, 2.45) is 0 Å². The summed E-state index contributed by atoms with van der Waals surface area (Å²) in [5.41, 5.74) is 1.22. The van der Waals surface area contributed by atoms with E-state index in [2.05, 4.69) is 29.6 Å². The molecule has 0 atom stereocenters. The van der Waals surface area contributed by atoms with Crippen LogP contribution < -0.4 is 5.32 Å². The molecular weight excluding hydrogens is 290 g/mol. The van der Waals surface area contributed by atoms with Crippen molar-refractivity contribution in [2.45, 2.75) is 13.5 Å². The fraction of sp³-hybridized carbons (Fsp3) is 0.333. The van der Waals surface area contributed by atoms with Gasteiger partial charge >= 0.3 is 0 Å². The van der Waals surface area contributed by atoms with Gasteiger partial charge in [-0.05, 0) is 17.7 Å². The Kier molecular flexibility index (Phi) is 5.34. The lowest BCUT2D eigenvalue weighted by Gasteiger charge is -2.03. The summed E-state index contributed by atoms with van der Waals surface area (Å²) in [7, 11) is -2.87. The molecule has 0 radical (unpaired) electrons. The molecule has 1 heterocycles. The predicted molar refractivity (Wildman–Crippen MR) is 85.8 cm³/mol. The van der Waals surface area contributed by atoms with Crippen molar-refractivity contribution in [1.82, 2.24) is 5.32 Å². The van der Waals surface area contributed by atoms with Crippen LogP contribution in [0, 0.1) is 0 Å². The lowest BCUT2D eigenvalue weighted by Crippen LogP contribution is -2.23. The molecule has 0 aliphatic heterocycles.